The molecule has 1 fully saturated rings. The van der Waals surface area contributed by atoms with E-state index >= 15 is 0 Å². The molecule has 1 atom stereocenters. The number of ether oxygens (including phenoxy) is 4. The molecule has 17 heteroatoms. The minimum Gasteiger partial charge on any atom is -0.461 e. The first-order valence-electron chi connectivity index (χ1n) is 19.6. The van der Waals surface area contributed by atoms with Crippen LogP contribution in [0, 0.1) is 5.92 Å². The van der Waals surface area contributed by atoms with E-state index in [1.807, 2.05) is 36.4 Å². The van der Waals surface area contributed by atoms with Gasteiger partial charge in [-0.25, -0.2) is 14.6 Å². The van der Waals surface area contributed by atoms with Crippen LogP contribution in [0.1, 0.15) is 88.5 Å². The van der Waals surface area contributed by atoms with Crippen molar-refractivity contribution in [3.63, 3.8) is 0 Å². The number of rotatable bonds is 10. The summed E-state index contributed by atoms with van der Waals surface area (Å²) in [5, 5.41) is 7.55. The Labute approximate surface area is 347 Å². The van der Waals surface area contributed by atoms with Gasteiger partial charge in [-0.05, 0) is 84.4 Å². The highest BCUT2D eigenvalue weighted by molar-refractivity contribution is 7.13. The maximum absolute atomic E-state index is 14.7. The number of carbonyl (C=O) groups excluding carboxylic acids is 5. The number of pyridine rings is 1. The second kappa shape index (κ2) is 20.3. The van der Waals surface area contributed by atoms with Crippen LogP contribution in [0.2, 0.25) is 0 Å². The molecule has 4 heterocycles. The van der Waals surface area contributed by atoms with Crippen LogP contribution < -0.4 is 16.4 Å². The van der Waals surface area contributed by atoms with Crippen molar-refractivity contribution in [3.8, 4) is 10.6 Å². The van der Waals surface area contributed by atoms with E-state index < -0.39 is 52.8 Å². The van der Waals surface area contributed by atoms with Crippen molar-refractivity contribution in [3.05, 3.63) is 82.4 Å². The molecule has 316 valence electrons. The smallest absolute Gasteiger partial charge is 0.407 e. The van der Waals surface area contributed by atoms with Crippen LogP contribution in [0.4, 0.5) is 4.79 Å². The number of allylic oxidation sites excluding steroid dienone is 1. The van der Waals surface area contributed by atoms with Crippen LogP contribution in [0.25, 0.3) is 10.6 Å². The van der Waals surface area contributed by atoms with Crippen LogP contribution in [-0.4, -0.2) is 94.6 Å². The second-order valence-electron chi connectivity index (χ2n) is 15.7. The largest absolute Gasteiger partial charge is 0.461 e. The van der Waals surface area contributed by atoms with Gasteiger partial charge < -0.3 is 40.2 Å². The number of fused-ring (bicyclic) bond motifs is 5. The summed E-state index contributed by atoms with van der Waals surface area (Å²) in [4.78, 5) is 83.0. The molecule has 0 aliphatic carbocycles. The minimum atomic E-state index is -1.64. The quantitative estimate of drug-likeness (QED) is 0.139. The van der Waals surface area contributed by atoms with Crippen LogP contribution in [0.3, 0.4) is 0 Å². The maximum Gasteiger partial charge on any atom is 0.407 e. The van der Waals surface area contributed by atoms with Gasteiger partial charge in [0.15, 0.2) is 5.72 Å². The molecule has 2 aliphatic rings. The van der Waals surface area contributed by atoms with E-state index in [1.54, 1.807) is 52.3 Å². The van der Waals surface area contributed by atoms with Gasteiger partial charge in [0.1, 0.15) is 28.6 Å². The first-order valence-corrected chi connectivity index (χ1v) is 20.5. The average Bonchev–Trinajstić information content (AvgIpc) is 3.70. The topological polar surface area (TPSA) is 214 Å². The lowest BCUT2D eigenvalue weighted by Crippen LogP contribution is -2.55. The zero-order valence-corrected chi connectivity index (χ0v) is 35.0. The summed E-state index contributed by atoms with van der Waals surface area (Å²) in [5.74, 6) is -3.67. The molecular formula is C42H53N7O9S. The molecule has 4 N–H and O–H groups in total. The zero-order chi connectivity index (χ0) is 42.6. The molecule has 1 unspecified atom stereocenters. The first-order chi connectivity index (χ1) is 28.1. The zero-order valence-electron chi connectivity index (χ0n) is 34.2. The van der Waals surface area contributed by atoms with E-state index in [9.17, 15) is 24.0 Å². The van der Waals surface area contributed by atoms with E-state index in [1.165, 1.54) is 22.5 Å². The maximum atomic E-state index is 14.7. The van der Waals surface area contributed by atoms with E-state index in [4.69, 9.17) is 24.7 Å². The molecule has 1 saturated heterocycles. The molecule has 3 aromatic rings. The number of carbonyl (C=O) groups is 5. The highest BCUT2D eigenvalue weighted by Gasteiger charge is 2.39. The summed E-state index contributed by atoms with van der Waals surface area (Å²) in [7, 11) is 0. The Bertz CT molecular complexity index is 2020. The van der Waals surface area contributed by atoms with Crippen LogP contribution in [0.5, 0.6) is 0 Å². The summed E-state index contributed by atoms with van der Waals surface area (Å²) in [6, 6.07) is 12.7. The van der Waals surface area contributed by atoms with Crippen molar-refractivity contribution >= 4 is 47.4 Å². The Morgan fingerprint density at radius 1 is 1.15 bits per heavy atom. The number of alkyl carbamates (subject to hydrolysis) is 1. The van der Waals surface area contributed by atoms with Crippen molar-refractivity contribution in [1.82, 2.24) is 25.5 Å². The summed E-state index contributed by atoms with van der Waals surface area (Å²) in [5.41, 5.74) is 5.82. The number of nitrogens with one attached hydrogen (secondary N) is 2. The average molecular weight is 832 g/mol. The summed E-state index contributed by atoms with van der Waals surface area (Å²) in [6.07, 6.45) is 4.17. The van der Waals surface area contributed by atoms with Gasteiger partial charge in [0.05, 0.1) is 17.7 Å². The number of nitrogens with two attached hydrogens (primary N) is 1. The molecular weight excluding hydrogens is 779 g/mol. The number of hydrogen-bond acceptors (Lipinski definition) is 14. The molecule has 0 radical (unpaired) electrons. The third kappa shape index (κ3) is 13.4. The third-order valence-electron chi connectivity index (χ3n) is 9.42. The second-order valence-corrected chi connectivity index (χ2v) is 16.5. The number of aryl methyl sites for hydroxylation is 1. The van der Waals surface area contributed by atoms with Gasteiger partial charge in [-0.15, -0.1) is 11.3 Å². The number of aromatic nitrogens is 2. The standard InChI is InChI=1S/C42H53N7O9S/c1-41(2,3)58-40(54)46-23-29(13-14-34(50)56-25-27-10-7-6-8-11-27)38(52)49-19-9-12-31-22-28(15-18-44-31)37-48-33(26-59-37)36(51)47-32(24-45-30-16-20-55-21-17-30)35(43)39(53)57-42(49,4)5/h6-8,10-11,15,18,22,24,26,29-30H,9,12-14,16-17,19-21,23,25,43H2,1-5H3,(H,46,54)(H,47,51). The highest BCUT2D eigenvalue weighted by Crippen LogP contribution is 2.27. The SMILES string of the molecule is CC(C)(C)OC(=O)NCC(CCC(=O)OCc1ccccc1)C(=O)N1CCCc2cc(ccn2)-c2nc(cs2)C(=O)NC(C=NC2CCOCC2)=C(N)C(=O)OC1(C)C. The molecule has 5 rings (SSSR count). The third-order valence-corrected chi connectivity index (χ3v) is 10.3. The number of esters is 2. The predicted octanol–water partition coefficient (Wildman–Crippen LogP) is 5.07. The Hall–Kier alpha value is -5.68. The fraction of sp³-hybridized carbons (Fsp3) is 0.476. The number of thiazole rings is 1. The molecule has 2 aromatic heterocycles. The van der Waals surface area contributed by atoms with Crippen molar-refractivity contribution in [2.75, 3.05) is 26.3 Å². The number of nitrogens with zero attached hydrogens (tertiary/aromatic N) is 4. The van der Waals surface area contributed by atoms with Crippen molar-refractivity contribution < 1.29 is 42.9 Å². The lowest BCUT2D eigenvalue weighted by molar-refractivity contribution is -0.181. The first kappa shape index (κ1) is 44.4. The highest BCUT2D eigenvalue weighted by atomic mass is 32.1. The monoisotopic (exact) mass is 831 g/mol. The molecule has 2 aliphatic heterocycles. The van der Waals surface area contributed by atoms with E-state index in [2.05, 4.69) is 25.6 Å². The Kier molecular flexibility index (Phi) is 15.3. The molecule has 0 saturated carbocycles. The molecule has 3 amide bonds. The Balaban J connectivity index is 1.46. The fourth-order valence-corrected chi connectivity index (χ4v) is 7.09. The predicted molar refractivity (Wildman–Crippen MR) is 220 cm³/mol. The van der Waals surface area contributed by atoms with Gasteiger partial charge in [-0.3, -0.25) is 24.4 Å². The van der Waals surface area contributed by atoms with E-state index in [0.717, 1.165) is 11.1 Å². The van der Waals surface area contributed by atoms with E-state index in [0.29, 0.717) is 49.6 Å². The van der Waals surface area contributed by atoms with Crippen LogP contribution in [0.15, 0.2) is 70.4 Å². The normalized spacial score (nSPS) is 17.4. The Morgan fingerprint density at radius 3 is 2.63 bits per heavy atom. The lowest BCUT2D eigenvalue weighted by Gasteiger charge is -2.40. The van der Waals surface area contributed by atoms with Gasteiger partial charge in [0, 0.05) is 61.8 Å². The summed E-state index contributed by atoms with van der Waals surface area (Å²) >= 11 is 1.27. The number of cyclic esters (lactones) is 1. The fourth-order valence-electron chi connectivity index (χ4n) is 6.29. The number of aliphatic imine (C=N–C) groups is 1. The Morgan fingerprint density at radius 2 is 1.90 bits per heavy atom. The minimum absolute atomic E-state index is 0.0110. The van der Waals surface area contributed by atoms with E-state index in [-0.39, 0.29) is 50.0 Å². The van der Waals surface area contributed by atoms with Gasteiger partial charge in [-0.2, -0.15) is 0 Å². The van der Waals surface area contributed by atoms with Crippen LogP contribution in [-0.2, 0) is 46.4 Å². The van der Waals surface area contributed by atoms with Gasteiger partial charge >= 0.3 is 18.0 Å². The van der Waals surface area contributed by atoms with Crippen molar-refractivity contribution in [1.29, 1.82) is 0 Å². The number of amides is 3. The molecule has 59 heavy (non-hydrogen) atoms. The van der Waals surface area contributed by atoms with Crippen molar-refractivity contribution in [2.45, 2.75) is 97.1 Å². The molecule has 16 nitrogen and oxygen atoms in total. The van der Waals surface area contributed by atoms with Crippen LogP contribution >= 0.6 is 11.3 Å². The lowest BCUT2D eigenvalue weighted by atomic mass is 9.99. The molecule has 4 bridgehead atoms. The number of benzene rings is 1. The van der Waals surface area contributed by atoms with Gasteiger partial charge in [-0.1, -0.05) is 30.3 Å². The number of hydrogen-bond donors (Lipinski definition) is 3. The molecule has 0 spiro atoms. The van der Waals surface area contributed by atoms with Gasteiger partial charge in [0.25, 0.3) is 5.91 Å². The summed E-state index contributed by atoms with van der Waals surface area (Å²) in [6.45, 7) is 9.21. The summed E-state index contributed by atoms with van der Waals surface area (Å²) < 4.78 is 22.4. The molecule has 1 aromatic carbocycles. The van der Waals surface area contributed by atoms with Crippen molar-refractivity contribution in [2.24, 2.45) is 16.6 Å². The van der Waals surface area contributed by atoms with Gasteiger partial charge in [0.2, 0.25) is 5.91 Å².